The fourth-order valence-electron chi connectivity index (χ4n) is 4.02. The fourth-order valence-corrected chi connectivity index (χ4v) is 4.35. The molecule has 0 bridgehead atoms. The molecule has 29 heavy (non-hydrogen) atoms. The average molecular weight is 424 g/mol. The van der Waals surface area contributed by atoms with Crippen LogP contribution in [0.25, 0.3) is 0 Å². The zero-order chi connectivity index (χ0) is 21.6. The first-order valence-electron chi connectivity index (χ1n) is 10.3. The van der Waals surface area contributed by atoms with Gasteiger partial charge in [0.25, 0.3) is 0 Å². The molecule has 0 saturated carbocycles. The molecular formula is C22H34ClN3O3. The van der Waals surface area contributed by atoms with Gasteiger partial charge in [-0.3, -0.25) is 9.59 Å². The van der Waals surface area contributed by atoms with Crippen LogP contribution in [0.15, 0.2) is 12.1 Å². The van der Waals surface area contributed by atoms with Crippen molar-refractivity contribution < 1.29 is 14.4 Å². The van der Waals surface area contributed by atoms with Gasteiger partial charge in [-0.2, -0.15) is 5.06 Å². The maximum absolute atomic E-state index is 13.3. The first-order valence-corrected chi connectivity index (χ1v) is 10.7. The summed E-state index contributed by atoms with van der Waals surface area (Å²) in [6.07, 6.45) is 3.27. The van der Waals surface area contributed by atoms with E-state index in [0.717, 1.165) is 29.5 Å². The first kappa shape index (κ1) is 23.6. The van der Waals surface area contributed by atoms with Crippen molar-refractivity contribution in [2.24, 2.45) is 0 Å². The number of halogens is 1. The lowest BCUT2D eigenvalue weighted by Gasteiger charge is -2.45. The van der Waals surface area contributed by atoms with Gasteiger partial charge in [-0.25, -0.2) is 0 Å². The molecule has 2 rings (SSSR count). The minimum atomic E-state index is -0.853. The minimum Gasteiger partial charge on any atom is -0.354 e. The summed E-state index contributed by atoms with van der Waals surface area (Å²) in [4.78, 5) is 33.4. The highest BCUT2D eigenvalue weighted by Crippen LogP contribution is 2.30. The highest BCUT2D eigenvalue weighted by molar-refractivity contribution is 6.30. The molecule has 0 aromatic heterocycles. The van der Waals surface area contributed by atoms with E-state index < -0.39 is 5.54 Å². The summed E-state index contributed by atoms with van der Waals surface area (Å²) in [5, 5.41) is 5.55. The molecule has 1 aliphatic heterocycles. The highest BCUT2D eigenvalue weighted by atomic mass is 35.5. The Morgan fingerprint density at radius 1 is 1.24 bits per heavy atom. The number of rotatable bonds is 8. The molecule has 1 N–H and O–H groups in total. The number of nitrogens with one attached hydrogen (secondary N) is 1. The lowest BCUT2D eigenvalue weighted by atomic mass is 9.84. The van der Waals surface area contributed by atoms with Crippen molar-refractivity contribution in [3.05, 3.63) is 33.8 Å². The number of benzene rings is 1. The van der Waals surface area contributed by atoms with E-state index in [2.05, 4.69) is 12.2 Å². The van der Waals surface area contributed by atoms with Crippen molar-refractivity contribution in [2.45, 2.75) is 58.4 Å². The van der Waals surface area contributed by atoms with Gasteiger partial charge < -0.3 is 15.1 Å². The number of likely N-dealkylation sites (N-methyl/N-ethyl adjacent to an activating group) is 1. The van der Waals surface area contributed by atoms with E-state index >= 15 is 0 Å². The second-order valence-electron chi connectivity index (χ2n) is 7.90. The predicted molar refractivity (Wildman–Crippen MR) is 116 cm³/mol. The van der Waals surface area contributed by atoms with Crippen LogP contribution in [0.4, 0.5) is 0 Å². The smallest absolute Gasteiger partial charge is 0.246 e. The standard InChI is InChI=1S/C22H34ClN3O3/c1-6-7-10-24-21(28)22(8-11-26(29-5)12-9-22)25(4)20(27)15-19-16(2)13-18(23)14-17(19)3/h13-14H,6-12,15H2,1-5H3,(H,24,28). The van der Waals surface area contributed by atoms with Crippen molar-refractivity contribution in [3.63, 3.8) is 0 Å². The van der Waals surface area contributed by atoms with Crippen molar-refractivity contribution in [2.75, 3.05) is 33.8 Å². The third-order valence-corrected chi connectivity index (χ3v) is 6.27. The molecule has 1 fully saturated rings. The molecule has 0 atom stereocenters. The Kier molecular flexibility index (Phi) is 8.49. The van der Waals surface area contributed by atoms with Gasteiger partial charge in [0.05, 0.1) is 13.5 Å². The van der Waals surface area contributed by atoms with Crippen LogP contribution in [0, 0.1) is 13.8 Å². The van der Waals surface area contributed by atoms with Crippen molar-refractivity contribution in [1.82, 2.24) is 15.3 Å². The van der Waals surface area contributed by atoms with Crippen LogP contribution in [-0.2, 0) is 20.8 Å². The molecular weight excluding hydrogens is 390 g/mol. The second-order valence-corrected chi connectivity index (χ2v) is 8.34. The van der Waals surface area contributed by atoms with Crippen molar-refractivity contribution in [1.29, 1.82) is 0 Å². The lowest BCUT2D eigenvalue weighted by molar-refractivity contribution is -0.173. The van der Waals surface area contributed by atoms with Crippen LogP contribution < -0.4 is 5.32 Å². The van der Waals surface area contributed by atoms with Crippen molar-refractivity contribution in [3.8, 4) is 0 Å². The number of hydroxylamine groups is 2. The molecule has 0 aliphatic carbocycles. The van der Waals surface area contributed by atoms with E-state index in [4.69, 9.17) is 16.4 Å². The summed E-state index contributed by atoms with van der Waals surface area (Å²) in [7, 11) is 3.39. The second kappa shape index (κ2) is 10.4. The molecule has 1 aromatic carbocycles. The molecule has 7 heteroatoms. The molecule has 0 unspecified atom stereocenters. The summed E-state index contributed by atoms with van der Waals surface area (Å²) < 4.78 is 0. The molecule has 6 nitrogen and oxygen atoms in total. The molecule has 0 radical (unpaired) electrons. The van der Waals surface area contributed by atoms with Gasteiger partial charge in [-0.05, 0) is 61.9 Å². The zero-order valence-electron chi connectivity index (χ0n) is 18.3. The summed E-state index contributed by atoms with van der Waals surface area (Å²) in [6.45, 7) is 7.86. The Balaban J connectivity index is 2.23. The van der Waals surface area contributed by atoms with Gasteiger partial charge in [0, 0.05) is 31.7 Å². The number of hydrogen-bond donors (Lipinski definition) is 1. The number of carbonyl (C=O) groups is 2. The molecule has 1 aliphatic rings. The van der Waals surface area contributed by atoms with E-state index in [0.29, 0.717) is 37.5 Å². The number of unbranched alkanes of at least 4 members (excludes halogenated alkanes) is 1. The van der Waals surface area contributed by atoms with E-state index in [-0.39, 0.29) is 18.2 Å². The van der Waals surface area contributed by atoms with Crippen molar-refractivity contribution >= 4 is 23.4 Å². The Morgan fingerprint density at radius 2 is 1.83 bits per heavy atom. The Labute approximate surface area is 179 Å². The van der Waals surface area contributed by atoms with Gasteiger partial charge in [-0.15, -0.1) is 0 Å². The molecule has 162 valence electrons. The van der Waals surface area contributed by atoms with Crippen LogP contribution in [-0.4, -0.2) is 61.1 Å². The number of hydrogen-bond acceptors (Lipinski definition) is 4. The maximum Gasteiger partial charge on any atom is 0.246 e. The van der Waals surface area contributed by atoms with Crippen LogP contribution in [0.1, 0.15) is 49.3 Å². The van der Waals surface area contributed by atoms with Gasteiger partial charge >= 0.3 is 0 Å². The highest BCUT2D eigenvalue weighted by Gasteiger charge is 2.46. The molecule has 2 amide bonds. The summed E-state index contributed by atoms with van der Waals surface area (Å²) in [5.74, 6) is -0.128. The summed E-state index contributed by atoms with van der Waals surface area (Å²) >= 11 is 6.13. The third kappa shape index (κ3) is 5.50. The van der Waals surface area contributed by atoms with Crippen LogP contribution in [0.2, 0.25) is 5.02 Å². The number of aryl methyl sites for hydroxylation is 2. The molecule has 1 saturated heterocycles. The van der Waals surface area contributed by atoms with E-state index in [9.17, 15) is 9.59 Å². The van der Waals surface area contributed by atoms with Crippen LogP contribution >= 0.6 is 11.6 Å². The fraction of sp³-hybridized carbons (Fsp3) is 0.636. The Morgan fingerprint density at radius 3 is 2.34 bits per heavy atom. The van der Waals surface area contributed by atoms with Gasteiger partial charge in [0.2, 0.25) is 11.8 Å². The quantitative estimate of drug-likeness (QED) is 0.652. The maximum atomic E-state index is 13.3. The lowest BCUT2D eigenvalue weighted by Crippen LogP contribution is -2.63. The molecule has 1 heterocycles. The molecule has 1 aromatic rings. The SMILES string of the molecule is CCCCNC(=O)C1(N(C)C(=O)Cc2c(C)cc(Cl)cc2C)CCN(OC)CC1. The van der Waals surface area contributed by atoms with Gasteiger partial charge in [0.15, 0.2) is 0 Å². The number of carbonyl (C=O) groups excluding carboxylic acids is 2. The predicted octanol–water partition coefficient (Wildman–Crippen LogP) is 3.27. The van der Waals surface area contributed by atoms with E-state index in [1.54, 1.807) is 19.1 Å². The molecule has 0 spiro atoms. The zero-order valence-corrected chi connectivity index (χ0v) is 19.1. The first-order chi connectivity index (χ1) is 13.7. The number of piperidine rings is 1. The minimum absolute atomic E-state index is 0.0602. The van der Waals surface area contributed by atoms with E-state index in [1.807, 2.05) is 31.0 Å². The van der Waals surface area contributed by atoms with Crippen LogP contribution in [0.5, 0.6) is 0 Å². The normalized spacial score (nSPS) is 16.5. The number of amides is 2. The van der Waals surface area contributed by atoms with Gasteiger partial charge in [-0.1, -0.05) is 24.9 Å². The summed E-state index contributed by atoms with van der Waals surface area (Å²) in [5.41, 5.74) is 2.11. The number of nitrogens with zero attached hydrogens (tertiary/aromatic N) is 2. The Hall–Kier alpha value is -1.63. The Bertz CT molecular complexity index is 707. The monoisotopic (exact) mass is 423 g/mol. The van der Waals surface area contributed by atoms with E-state index in [1.165, 1.54) is 0 Å². The third-order valence-electron chi connectivity index (χ3n) is 6.05. The average Bonchev–Trinajstić information content (AvgIpc) is 2.70. The van der Waals surface area contributed by atoms with Crippen LogP contribution in [0.3, 0.4) is 0 Å². The summed E-state index contributed by atoms with van der Waals surface area (Å²) in [6, 6.07) is 3.75. The van der Waals surface area contributed by atoms with Gasteiger partial charge in [0.1, 0.15) is 5.54 Å². The topological polar surface area (TPSA) is 61.9 Å². The largest absolute Gasteiger partial charge is 0.354 e.